The van der Waals surface area contributed by atoms with Gasteiger partial charge in [-0.2, -0.15) is 5.26 Å². The lowest BCUT2D eigenvalue weighted by molar-refractivity contribution is -0.155. The monoisotopic (exact) mass is 535 g/mol. The van der Waals surface area contributed by atoms with Crippen LogP contribution in [-0.2, 0) is 19.1 Å². The molecule has 0 aliphatic rings. The second-order valence-electron chi connectivity index (χ2n) is 4.89. The van der Waals surface area contributed by atoms with Crippen molar-refractivity contribution in [3.63, 3.8) is 0 Å². The van der Waals surface area contributed by atoms with Gasteiger partial charge in [-0.15, -0.1) is 0 Å². The number of ether oxygens (including phenoxy) is 2. The molecule has 0 aliphatic carbocycles. The van der Waals surface area contributed by atoms with Crippen molar-refractivity contribution in [1.29, 1.82) is 5.26 Å². The number of carbonyl (C=O) groups excluding carboxylic acids is 2. The van der Waals surface area contributed by atoms with E-state index >= 15 is 0 Å². The summed E-state index contributed by atoms with van der Waals surface area (Å²) < 4.78 is 9.36. The molecule has 0 aromatic rings. The molecule has 0 radical (unpaired) electrons. The lowest BCUT2D eigenvalue weighted by Gasteiger charge is -2.28. The van der Waals surface area contributed by atoms with Gasteiger partial charge in [0.05, 0.1) is 31.6 Å². The number of alkyl halides is 2. The average Bonchev–Trinajstić information content (AvgIpc) is 2.47. The molecule has 22 heavy (non-hydrogen) atoms. The molecule has 0 aromatic carbocycles. The first kappa shape index (κ1) is 21.9. The molecular formula is C15H23I2NO4. The highest BCUT2D eigenvalue weighted by Gasteiger charge is 2.40. The molecule has 3 unspecified atom stereocenters. The van der Waals surface area contributed by atoms with Crippen molar-refractivity contribution < 1.29 is 19.1 Å². The predicted molar refractivity (Wildman–Crippen MR) is 101 cm³/mol. The van der Waals surface area contributed by atoms with Crippen LogP contribution in [0.15, 0.2) is 0 Å². The van der Waals surface area contributed by atoms with Gasteiger partial charge in [0.25, 0.3) is 0 Å². The van der Waals surface area contributed by atoms with Crippen LogP contribution in [0.2, 0.25) is 0 Å². The van der Waals surface area contributed by atoms with Crippen LogP contribution in [0.5, 0.6) is 0 Å². The number of nitrogens with zero attached hydrogens (tertiary/aromatic N) is 1. The van der Waals surface area contributed by atoms with Gasteiger partial charge in [0.15, 0.2) is 0 Å². The van der Waals surface area contributed by atoms with Crippen LogP contribution < -0.4 is 0 Å². The van der Waals surface area contributed by atoms with Crippen LogP contribution in [0.4, 0.5) is 0 Å². The maximum absolute atomic E-state index is 12.1. The normalized spacial score (nSPS) is 16.0. The quantitative estimate of drug-likeness (QED) is 0.242. The number of hydrogen-bond donors (Lipinski definition) is 0. The minimum atomic E-state index is -0.710. The molecule has 5 nitrogen and oxygen atoms in total. The number of carbonyl (C=O) groups is 2. The van der Waals surface area contributed by atoms with Crippen molar-refractivity contribution in [3.8, 4) is 6.07 Å². The number of halogens is 2. The first-order valence-corrected chi connectivity index (χ1v) is 9.73. The van der Waals surface area contributed by atoms with E-state index in [1.807, 2.05) is 0 Å². The van der Waals surface area contributed by atoms with E-state index in [1.54, 1.807) is 13.8 Å². The standard InChI is InChI=1S/C15H23I2NO4/c1-4-7-12(16)15(17,10-18)9-11(14(20)22-6-3)8-13(19)21-5-2/h11-12H,4-9H2,1-3H3. The first-order valence-electron chi connectivity index (χ1n) is 7.41. The van der Waals surface area contributed by atoms with Crippen molar-refractivity contribution in [2.45, 2.75) is 53.8 Å². The van der Waals surface area contributed by atoms with Gasteiger partial charge in [0.2, 0.25) is 0 Å². The van der Waals surface area contributed by atoms with Gasteiger partial charge in [-0.3, -0.25) is 9.59 Å². The van der Waals surface area contributed by atoms with E-state index in [1.165, 1.54) is 0 Å². The number of esters is 2. The number of hydrogen-bond acceptors (Lipinski definition) is 5. The summed E-state index contributed by atoms with van der Waals surface area (Å²) in [6.07, 6.45) is 2.08. The van der Waals surface area contributed by atoms with Crippen LogP contribution in [0, 0.1) is 17.2 Å². The van der Waals surface area contributed by atoms with E-state index in [-0.39, 0.29) is 30.0 Å². The van der Waals surface area contributed by atoms with Crippen LogP contribution in [-0.4, -0.2) is 32.5 Å². The molecule has 0 saturated heterocycles. The van der Waals surface area contributed by atoms with Crippen LogP contribution in [0.25, 0.3) is 0 Å². The van der Waals surface area contributed by atoms with E-state index in [2.05, 4.69) is 58.2 Å². The SMILES string of the molecule is CCCC(I)C(I)(C#N)CC(CC(=O)OCC)C(=O)OCC. The Morgan fingerprint density at radius 1 is 1.23 bits per heavy atom. The van der Waals surface area contributed by atoms with Gasteiger partial charge in [-0.05, 0) is 26.7 Å². The molecule has 0 fully saturated rings. The Morgan fingerprint density at radius 3 is 2.27 bits per heavy atom. The minimum Gasteiger partial charge on any atom is -0.466 e. The zero-order valence-electron chi connectivity index (χ0n) is 13.2. The molecule has 0 spiro atoms. The van der Waals surface area contributed by atoms with Crippen molar-refractivity contribution in [1.82, 2.24) is 0 Å². The summed E-state index contributed by atoms with van der Waals surface area (Å²) >= 11 is 4.36. The fourth-order valence-electron chi connectivity index (χ4n) is 2.00. The van der Waals surface area contributed by atoms with Crippen LogP contribution in [0.1, 0.15) is 46.5 Å². The number of rotatable bonds is 10. The van der Waals surface area contributed by atoms with Gasteiger partial charge < -0.3 is 9.47 Å². The summed E-state index contributed by atoms with van der Waals surface area (Å²) in [4.78, 5) is 23.8. The van der Waals surface area contributed by atoms with E-state index < -0.39 is 21.3 Å². The molecule has 0 amide bonds. The molecule has 0 rings (SSSR count). The Labute approximate surface area is 159 Å². The largest absolute Gasteiger partial charge is 0.466 e. The Bertz CT molecular complexity index is 411. The Morgan fingerprint density at radius 2 is 1.82 bits per heavy atom. The van der Waals surface area contributed by atoms with Gasteiger partial charge in [0, 0.05) is 3.92 Å². The third kappa shape index (κ3) is 7.44. The van der Waals surface area contributed by atoms with Crippen molar-refractivity contribution in [3.05, 3.63) is 0 Å². The summed E-state index contributed by atoms with van der Waals surface area (Å²) in [6, 6.07) is 2.31. The summed E-state index contributed by atoms with van der Waals surface area (Å²) in [6.45, 7) is 6.02. The Kier molecular flexibility index (Phi) is 11.4. The average molecular weight is 535 g/mol. The summed E-state index contributed by atoms with van der Waals surface area (Å²) in [5.74, 6) is -1.52. The van der Waals surface area contributed by atoms with Crippen molar-refractivity contribution in [2.75, 3.05) is 13.2 Å². The highest BCUT2D eigenvalue weighted by atomic mass is 127. The van der Waals surface area contributed by atoms with Crippen LogP contribution in [0.3, 0.4) is 0 Å². The maximum atomic E-state index is 12.1. The summed E-state index contributed by atoms with van der Waals surface area (Å²) in [7, 11) is 0. The van der Waals surface area contributed by atoms with Gasteiger partial charge in [-0.25, -0.2) is 0 Å². The Hall–Kier alpha value is -0.110. The third-order valence-corrected chi connectivity index (χ3v) is 7.42. The molecule has 0 aliphatic heterocycles. The maximum Gasteiger partial charge on any atom is 0.309 e. The van der Waals surface area contributed by atoms with Gasteiger partial charge in [-0.1, -0.05) is 58.5 Å². The van der Waals surface area contributed by atoms with E-state index in [9.17, 15) is 14.9 Å². The smallest absolute Gasteiger partial charge is 0.309 e. The van der Waals surface area contributed by atoms with Crippen LogP contribution >= 0.6 is 45.2 Å². The second-order valence-corrected chi connectivity index (χ2v) is 8.32. The first-order chi connectivity index (χ1) is 10.3. The zero-order valence-corrected chi connectivity index (χ0v) is 17.5. The molecule has 0 N–H and O–H groups in total. The molecule has 7 heteroatoms. The van der Waals surface area contributed by atoms with Crippen molar-refractivity contribution in [2.24, 2.45) is 5.92 Å². The highest BCUT2D eigenvalue weighted by Crippen LogP contribution is 2.38. The number of nitriles is 1. The molecule has 0 heterocycles. The van der Waals surface area contributed by atoms with E-state index in [0.29, 0.717) is 0 Å². The lowest BCUT2D eigenvalue weighted by atomic mass is 9.89. The lowest BCUT2D eigenvalue weighted by Crippen LogP contribution is -2.36. The Balaban J connectivity index is 5.11. The molecular weight excluding hydrogens is 512 g/mol. The molecule has 0 saturated carbocycles. The zero-order chi connectivity index (χ0) is 17.2. The highest BCUT2D eigenvalue weighted by molar-refractivity contribution is 14.1. The molecule has 3 atom stereocenters. The molecule has 126 valence electrons. The summed E-state index contributed by atoms with van der Waals surface area (Å²) in [5, 5.41) is 9.55. The predicted octanol–water partition coefficient (Wildman–Crippen LogP) is 3.81. The second kappa shape index (κ2) is 11.4. The van der Waals surface area contributed by atoms with E-state index in [0.717, 1.165) is 12.8 Å². The van der Waals surface area contributed by atoms with E-state index in [4.69, 9.17) is 9.47 Å². The minimum absolute atomic E-state index is 0.0470. The molecule has 0 aromatic heterocycles. The molecule has 0 bridgehead atoms. The van der Waals surface area contributed by atoms with Gasteiger partial charge in [0.1, 0.15) is 3.42 Å². The fraction of sp³-hybridized carbons (Fsp3) is 0.800. The fourth-order valence-corrected chi connectivity index (χ4v) is 3.86. The topological polar surface area (TPSA) is 76.4 Å². The third-order valence-electron chi connectivity index (χ3n) is 3.11. The summed E-state index contributed by atoms with van der Waals surface area (Å²) in [5.41, 5.74) is 0. The van der Waals surface area contributed by atoms with Gasteiger partial charge >= 0.3 is 11.9 Å². The van der Waals surface area contributed by atoms with Crippen molar-refractivity contribution >= 4 is 57.1 Å².